The van der Waals surface area contributed by atoms with Crippen LogP contribution < -0.4 is 15.4 Å². The number of carbonyl (C=O) groups is 1. The summed E-state index contributed by atoms with van der Waals surface area (Å²) < 4.78 is 5.23. The summed E-state index contributed by atoms with van der Waals surface area (Å²) in [4.78, 5) is 17.2. The molecule has 0 atom stereocenters. The van der Waals surface area contributed by atoms with E-state index in [1.165, 1.54) is 11.3 Å². The average molecular weight is 291 g/mol. The minimum atomic E-state index is -0.273. The Hall–Kier alpha value is -2.08. The van der Waals surface area contributed by atoms with Crippen LogP contribution in [-0.2, 0) is 6.54 Å². The van der Waals surface area contributed by atoms with Crippen molar-refractivity contribution in [1.82, 2.24) is 10.3 Å². The van der Waals surface area contributed by atoms with Gasteiger partial charge in [0.15, 0.2) is 5.13 Å². The number of hydrogen-bond donors (Lipinski definition) is 2. The fraction of sp³-hybridized carbons (Fsp3) is 0.286. The van der Waals surface area contributed by atoms with E-state index in [1.807, 2.05) is 38.1 Å². The molecule has 0 unspecified atom stereocenters. The van der Waals surface area contributed by atoms with Crippen molar-refractivity contribution in [3.8, 4) is 5.75 Å². The lowest BCUT2D eigenvalue weighted by Crippen LogP contribution is -2.28. The van der Waals surface area contributed by atoms with E-state index in [4.69, 9.17) is 4.74 Å². The third kappa shape index (κ3) is 3.48. The second-order valence-corrected chi connectivity index (χ2v) is 5.48. The number of thiazole rings is 1. The summed E-state index contributed by atoms with van der Waals surface area (Å²) in [5.74, 6) is 0.758. The first-order chi connectivity index (χ1) is 9.60. The van der Waals surface area contributed by atoms with E-state index in [0.29, 0.717) is 11.7 Å². The molecule has 20 heavy (non-hydrogen) atoms. The molecule has 2 rings (SSSR count). The van der Waals surface area contributed by atoms with Gasteiger partial charge in [0.1, 0.15) is 5.75 Å². The van der Waals surface area contributed by atoms with Crippen LogP contribution in [0.15, 0.2) is 24.3 Å². The van der Waals surface area contributed by atoms with Gasteiger partial charge in [0, 0.05) is 17.0 Å². The molecule has 1 heterocycles. The van der Waals surface area contributed by atoms with Crippen LogP contribution in [0.3, 0.4) is 0 Å². The number of hydrogen-bond acceptors (Lipinski definition) is 4. The van der Waals surface area contributed by atoms with Gasteiger partial charge in [-0.2, -0.15) is 0 Å². The zero-order valence-electron chi connectivity index (χ0n) is 11.7. The van der Waals surface area contributed by atoms with Gasteiger partial charge in [-0.15, -0.1) is 11.3 Å². The van der Waals surface area contributed by atoms with Crippen LogP contribution in [0.5, 0.6) is 5.75 Å². The third-order valence-corrected chi connectivity index (χ3v) is 3.87. The standard InChI is InChI=1S/C14H17N3O2S/c1-9-10(2)20-14(16-9)17-13(18)15-8-11-6-4-5-7-12(11)19-3/h4-7H,8H2,1-3H3,(H2,15,16,17,18). The molecule has 1 aromatic carbocycles. The normalized spacial score (nSPS) is 10.2. The van der Waals surface area contributed by atoms with Crippen molar-refractivity contribution >= 4 is 22.5 Å². The molecule has 106 valence electrons. The Kier molecular flexibility index (Phi) is 4.57. The van der Waals surface area contributed by atoms with Crippen LogP contribution in [0.2, 0.25) is 0 Å². The van der Waals surface area contributed by atoms with Crippen molar-refractivity contribution in [1.29, 1.82) is 0 Å². The summed E-state index contributed by atoms with van der Waals surface area (Å²) in [5.41, 5.74) is 1.87. The number of nitrogens with zero attached hydrogens (tertiary/aromatic N) is 1. The van der Waals surface area contributed by atoms with Gasteiger partial charge >= 0.3 is 6.03 Å². The van der Waals surface area contributed by atoms with Crippen LogP contribution in [0.1, 0.15) is 16.1 Å². The van der Waals surface area contributed by atoms with Crippen LogP contribution in [0, 0.1) is 13.8 Å². The molecule has 2 amide bonds. The highest BCUT2D eigenvalue weighted by molar-refractivity contribution is 7.15. The number of para-hydroxylation sites is 1. The van der Waals surface area contributed by atoms with Crippen LogP contribution >= 0.6 is 11.3 Å². The molecule has 5 nitrogen and oxygen atoms in total. The molecule has 0 aliphatic heterocycles. The summed E-state index contributed by atoms with van der Waals surface area (Å²) in [5, 5.41) is 6.12. The van der Waals surface area contributed by atoms with E-state index in [1.54, 1.807) is 7.11 Å². The maximum Gasteiger partial charge on any atom is 0.321 e. The molecule has 2 N–H and O–H groups in total. The van der Waals surface area contributed by atoms with E-state index in [9.17, 15) is 4.79 Å². The minimum absolute atomic E-state index is 0.273. The summed E-state index contributed by atoms with van der Waals surface area (Å²) in [6.45, 7) is 4.30. The number of rotatable bonds is 4. The van der Waals surface area contributed by atoms with Crippen molar-refractivity contribution in [2.45, 2.75) is 20.4 Å². The molecule has 2 aromatic rings. The number of methoxy groups -OCH3 is 1. The summed E-state index contributed by atoms with van der Waals surface area (Å²) >= 11 is 1.46. The SMILES string of the molecule is COc1ccccc1CNC(=O)Nc1nc(C)c(C)s1. The lowest BCUT2D eigenvalue weighted by molar-refractivity contribution is 0.251. The highest BCUT2D eigenvalue weighted by atomic mass is 32.1. The Balaban J connectivity index is 1.92. The number of amides is 2. The van der Waals surface area contributed by atoms with Crippen molar-refractivity contribution in [2.24, 2.45) is 0 Å². The van der Waals surface area contributed by atoms with Gasteiger partial charge in [-0.1, -0.05) is 18.2 Å². The van der Waals surface area contributed by atoms with Crippen molar-refractivity contribution in [3.05, 3.63) is 40.4 Å². The maximum absolute atomic E-state index is 11.8. The number of anilines is 1. The zero-order chi connectivity index (χ0) is 14.5. The quantitative estimate of drug-likeness (QED) is 0.910. The molecule has 0 bridgehead atoms. The fourth-order valence-electron chi connectivity index (χ4n) is 1.69. The highest BCUT2D eigenvalue weighted by Crippen LogP contribution is 2.21. The van der Waals surface area contributed by atoms with Crippen LogP contribution in [0.25, 0.3) is 0 Å². The summed E-state index contributed by atoms with van der Waals surface area (Å²) in [6.07, 6.45) is 0. The van der Waals surface area contributed by atoms with Crippen LogP contribution in [0.4, 0.5) is 9.93 Å². The Morgan fingerprint density at radius 2 is 2.10 bits per heavy atom. The maximum atomic E-state index is 11.8. The van der Waals surface area contributed by atoms with Gasteiger partial charge in [-0.3, -0.25) is 5.32 Å². The number of nitrogens with one attached hydrogen (secondary N) is 2. The van der Waals surface area contributed by atoms with Gasteiger partial charge in [-0.25, -0.2) is 9.78 Å². The molecular formula is C14H17N3O2S. The van der Waals surface area contributed by atoms with Gasteiger partial charge in [-0.05, 0) is 19.9 Å². The number of benzene rings is 1. The van der Waals surface area contributed by atoms with Gasteiger partial charge in [0.2, 0.25) is 0 Å². The van der Waals surface area contributed by atoms with Crippen molar-refractivity contribution < 1.29 is 9.53 Å². The molecule has 0 aliphatic rings. The molecule has 0 aliphatic carbocycles. The number of urea groups is 1. The molecular weight excluding hydrogens is 274 g/mol. The monoisotopic (exact) mass is 291 g/mol. The molecule has 6 heteroatoms. The molecule has 1 aromatic heterocycles. The third-order valence-electron chi connectivity index (χ3n) is 2.88. The first-order valence-corrected chi connectivity index (χ1v) is 7.02. The number of aryl methyl sites for hydroxylation is 2. The minimum Gasteiger partial charge on any atom is -0.496 e. The highest BCUT2D eigenvalue weighted by Gasteiger charge is 2.08. The second kappa shape index (κ2) is 6.38. The Morgan fingerprint density at radius 3 is 2.75 bits per heavy atom. The summed E-state index contributed by atoms with van der Waals surface area (Å²) in [7, 11) is 1.61. The second-order valence-electron chi connectivity index (χ2n) is 4.28. The van der Waals surface area contributed by atoms with Crippen molar-refractivity contribution in [2.75, 3.05) is 12.4 Å². The number of ether oxygens (including phenoxy) is 1. The van der Waals surface area contributed by atoms with E-state index >= 15 is 0 Å². The Bertz CT molecular complexity index is 591. The van der Waals surface area contributed by atoms with E-state index in [-0.39, 0.29) is 6.03 Å². The molecule has 0 spiro atoms. The lowest BCUT2D eigenvalue weighted by Gasteiger charge is -2.09. The fourth-order valence-corrected chi connectivity index (χ4v) is 2.50. The number of carbonyl (C=O) groups excluding carboxylic acids is 1. The first kappa shape index (κ1) is 14.3. The lowest BCUT2D eigenvalue weighted by atomic mass is 10.2. The van der Waals surface area contributed by atoms with E-state index in [0.717, 1.165) is 21.9 Å². The van der Waals surface area contributed by atoms with E-state index < -0.39 is 0 Å². The van der Waals surface area contributed by atoms with Gasteiger partial charge < -0.3 is 10.1 Å². The molecule has 0 radical (unpaired) electrons. The Labute approximate surface area is 122 Å². The first-order valence-electron chi connectivity index (χ1n) is 6.21. The smallest absolute Gasteiger partial charge is 0.321 e. The van der Waals surface area contributed by atoms with Crippen LogP contribution in [-0.4, -0.2) is 18.1 Å². The molecule has 0 fully saturated rings. The molecule has 0 saturated carbocycles. The predicted octanol–water partition coefficient (Wildman–Crippen LogP) is 3.09. The summed E-state index contributed by atoms with van der Waals surface area (Å²) in [6, 6.07) is 7.30. The average Bonchev–Trinajstić information content (AvgIpc) is 2.75. The van der Waals surface area contributed by atoms with Gasteiger partial charge in [0.25, 0.3) is 0 Å². The predicted molar refractivity (Wildman–Crippen MR) is 80.4 cm³/mol. The van der Waals surface area contributed by atoms with E-state index in [2.05, 4.69) is 15.6 Å². The van der Waals surface area contributed by atoms with Gasteiger partial charge in [0.05, 0.1) is 12.8 Å². The largest absolute Gasteiger partial charge is 0.496 e. The Morgan fingerprint density at radius 1 is 1.35 bits per heavy atom. The van der Waals surface area contributed by atoms with Crippen molar-refractivity contribution in [3.63, 3.8) is 0 Å². The zero-order valence-corrected chi connectivity index (χ0v) is 12.5. The number of aromatic nitrogens is 1. The molecule has 0 saturated heterocycles. The topological polar surface area (TPSA) is 63.2 Å².